The van der Waals surface area contributed by atoms with E-state index in [0.717, 1.165) is 0 Å². The lowest BCUT2D eigenvalue weighted by Crippen LogP contribution is -2.11. The summed E-state index contributed by atoms with van der Waals surface area (Å²) in [5.41, 5.74) is 0.628. The Labute approximate surface area is 122 Å². The fourth-order valence-corrected chi connectivity index (χ4v) is 3.18. The molecule has 0 amide bonds. The van der Waals surface area contributed by atoms with Crippen LogP contribution in [0.25, 0.3) is 0 Å². The minimum absolute atomic E-state index is 0.0513. The van der Waals surface area contributed by atoms with E-state index in [4.69, 9.17) is 4.74 Å². The molecule has 0 unspecified atom stereocenters. The zero-order valence-corrected chi connectivity index (χ0v) is 11.6. The normalized spacial score (nSPS) is 15.4. The molecule has 0 saturated heterocycles. The van der Waals surface area contributed by atoms with Crippen molar-refractivity contribution in [1.29, 1.82) is 5.26 Å². The van der Waals surface area contributed by atoms with E-state index < -0.39 is 14.7 Å². The zero-order chi connectivity index (χ0) is 14.9. The number of nitriles is 1. The molecule has 2 aromatic carbocycles. The summed E-state index contributed by atoms with van der Waals surface area (Å²) in [7, 11) is -3.92. The summed E-state index contributed by atoms with van der Waals surface area (Å²) < 4.78 is 30.4. The lowest BCUT2D eigenvalue weighted by molar-refractivity contribution is 0.455. The van der Waals surface area contributed by atoms with Gasteiger partial charge >= 0.3 is 0 Å². The van der Waals surface area contributed by atoms with Crippen LogP contribution in [0.5, 0.6) is 5.75 Å². The van der Waals surface area contributed by atoms with Crippen LogP contribution in [0.1, 0.15) is 0 Å². The first kappa shape index (κ1) is 13.2. The van der Waals surface area contributed by atoms with Crippen molar-refractivity contribution in [1.82, 2.24) is 0 Å². The highest BCUT2D eigenvalue weighted by Gasteiger charge is 2.29. The number of rotatable bonds is 2. The van der Waals surface area contributed by atoms with Crippen LogP contribution in [0.3, 0.4) is 0 Å². The van der Waals surface area contributed by atoms with Gasteiger partial charge in [-0.3, -0.25) is 0 Å². The van der Waals surface area contributed by atoms with Gasteiger partial charge in [0.15, 0.2) is 5.75 Å². The van der Waals surface area contributed by atoms with Crippen LogP contribution in [0.2, 0.25) is 0 Å². The van der Waals surface area contributed by atoms with Gasteiger partial charge in [0.1, 0.15) is 6.07 Å². The maximum absolute atomic E-state index is 12.5. The van der Waals surface area contributed by atoms with Gasteiger partial charge in [-0.25, -0.2) is 8.42 Å². The van der Waals surface area contributed by atoms with Gasteiger partial charge in [0.2, 0.25) is 20.6 Å². The standard InChI is InChI=1S/C15H10N2O3S/c16-10-14(21(18,19)11-6-2-1-3-7-11)15-17-12-8-4-5-9-13(12)20-15/h1-9,17H/b15-14-. The third-order valence-electron chi connectivity index (χ3n) is 2.98. The molecule has 0 bridgehead atoms. The first-order valence-corrected chi connectivity index (χ1v) is 7.59. The summed E-state index contributed by atoms with van der Waals surface area (Å²) in [6.07, 6.45) is 0. The van der Waals surface area contributed by atoms with E-state index >= 15 is 0 Å². The number of ether oxygens (including phenoxy) is 1. The molecule has 0 aromatic heterocycles. The van der Waals surface area contributed by atoms with Crippen LogP contribution < -0.4 is 10.1 Å². The van der Waals surface area contributed by atoms with Crippen LogP contribution >= 0.6 is 0 Å². The Morgan fingerprint density at radius 2 is 1.71 bits per heavy atom. The molecule has 0 spiro atoms. The lowest BCUT2D eigenvalue weighted by Gasteiger charge is -2.05. The number of allylic oxidation sites excluding steroid dienone is 1. The summed E-state index contributed by atoms with van der Waals surface area (Å²) in [5, 5.41) is 12.1. The van der Waals surface area contributed by atoms with E-state index in [0.29, 0.717) is 11.4 Å². The van der Waals surface area contributed by atoms with Gasteiger partial charge in [0.25, 0.3) is 0 Å². The molecular weight excluding hydrogens is 288 g/mol. The minimum Gasteiger partial charge on any atom is -0.437 e. The minimum atomic E-state index is -3.92. The Morgan fingerprint density at radius 3 is 2.38 bits per heavy atom. The van der Waals surface area contributed by atoms with E-state index in [1.807, 2.05) is 0 Å². The molecule has 1 aliphatic heterocycles. The molecule has 5 nitrogen and oxygen atoms in total. The van der Waals surface area contributed by atoms with Crippen molar-refractivity contribution in [2.75, 3.05) is 5.32 Å². The first-order valence-electron chi connectivity index (χ1n) is 6.11. The van der Waals surface area contributed by atoms with E-state index in [1.165, 1.54) is 12.1 Å². The third kappa shape index (κ3) is 2.24. The number of hydrogen-bond donors (Lipinski definition) is 1. The summed E-state index contributed by atoms with van der Waals surface area (Å²) in [6.45, 7) is 0. The molecule has 104 valence electrons. The fraction of sp³-hybridized carbons (Fsp3) is 0. The van der Waals surface area contributed by atoms with Crippen molar-refractivity contribution in [3.05, 3.63) is 65.4 Å². The van der Waals surface area contributed by atoms with Gasteiger partial charge in [0.05, 0.1) is 10.6 Å². The van der Waals surface area contributed by atoms with Crippen molar-refractivity contribution in [3.63, 3.8) is 0 Å². The molecule has 0 radical (unpaired) electrons. The summed E-state index contributed by atoms with van der Waals surface area (Å²) in [5.74, 6) is 0.422. The first-order chi connectivity index (χ1) is 10.1. The molecule has 2 aromatic rings. The molecular formula is C15H10N2O3S. The predicted octanol–water partition coefficient (Wildman–Crippen LogP) is 2.66. The van der Waals surface area contributed by atoms with Crippen molar-refractivity contribution in [3.8, 4) is 11.8 Å². The molecule has 1 heterocycles. The van der Waals surface area contributed by atoms with Gasteiger partial charge in [-0.2, -0.15) is 5.26 Å². The molecule has 6 heteroatoms. The number of fused-ring (bicyclic) bond motifs is 1. The molecule has 21 heavy (non-hydrogen) atoms. The van der Waals surface area contributed by atoms with E-state index in [1.54, 1.807) is 48.5 Å². The predicted molar refractivity (Wildman–Crippen MR) is 77.0 cm³/mol. The van der Waals surface area contributed by atoms with Crippen molar-refractivity contribution >= 4 is 15.5 Å². The maximum Gasteiger partial charge on any atom is 0.228 e. The highest BCUT2D eigenvalue weighted by atomic mass is 32.2. The van der Waals surface area contributed by atoms with Crippen LogP contribution in [-0.4, -0.2) is 8.42 Å². The van der Waals surface area contributed by atoms with Crippen LogP contribution in [0.15, 0.2) is 70.3 Å². The number of nitrogens with one attached hydrogen (secondary N) is 1. The Morgan fingerprint density at radius 1 is 1.05 bits per heavy atom. The van der Waals surface area contributed by atoms with E-state index in [9.17, 15) is 13.7 Å². The summed E-state index contributed by atoms with van der Waals surface area (Å²) >= 11 is 0. The van der Waals surface area contributed by atoms with Gasteiger partial charge in [-0.15, -0.1) is 0 Å². The summed E-state index contributed by atoms with van der Waals surface area (Å²) in [6, 6.07) is 16.5. The van der Waals surface area contributed by atoms with Crippen molar-refractivity contribution < 1.29 is 13.2 Å². The van der Waals surface area contributed by atoms with Crippen molar-refractivity contribution in [2.24, 2.45) is 0 Å². The smallest absolute Gasteiger partial charge is 0.228 e. The number of para-hydroxylation sites is 2. The lowest BCUT2D eigenvalue weighted by atomic mass is 10.3. The quantitative estimate of drug-likeness (QED) is 0.862. The highest BCUT2D eigenvalue weighted by Crippen LogP contribution is 2.35. The number of anilines is 1. The second kappa shape index (κ2) is 4.96. The molecule has 3 rings (SSSR count). The van der Waals surface area contributed by atoms with Gasteiger partial charge in [0, 0.05) is 0 Å². The molecule has 1 aliphatic rings. The SMILES string of the molecule is N#C/C(=C1\Nc2ccccc2O1)S(=O)(=O)c1ccccc1. The zero-order valence-electron chi connectivity index (χ0n) is 10.8. The maximum atomic E-state index is 12.5. The Balaban J connectivity index is 2.09. The van der Waals surface area contributed by atoms with Gasteiger partial charge in [-0.05, 0) is 24.3 Å². The van der Waals surface area contributed by atoms with Gasteiger partial charge in [-0.1, -0.05) is 30.3 Å². The van der Waals surface area contributed by atoms with E-state index in [2.05, 4.69) is 5.32 Å². The number of benzene rings is 2. The highest BCUT2D eigenvalue weighted by molar-refractivity contribution is 7.95. The van der Waals surface area contributed by atoms with E-state index in [-0.39, 0.29) is 10.8 Å². The molecule has 1 N–H and O–H groups in total. The van der Waals surface area contributed by atoms with Gasteiger partial charge < -0.3 is 10.1 Å². The van der Waals surface area contributed by atoms with Crippen molar-refractivity contribution in [2.45, 2.75) is 4.90 Å². The molecule has 0 aliphatic carbocycles. The number of sulfone groups is 1. The molecule has 0 saturated carbocycles. The third-order valence-corrected chi connectivity index (χ3v) is 4.68. The average Bonchev–Trinajstić information content (AvgIpc) is 2.92. The second-order valence-corrected chi connectivity index (χ2v) is 6.20. The number of hydrogen-bond acceptors (Lipinski definition) is 5. The molecule has 0 fully saturated rings. The molecule has 0 atom stereocenters. The van der Waals surface area contributed by atoms with Crippen LogP contribution in [0, 0.1) is 11.3 Å². The summed E-state index contributed by atoms with van der Waals surface area (Å²) in [4.78, 5) is -0.389. The number of nitrogens with zero attached hydrogens (tertiary/aromatic N) is 1. The second-order valence-electron chi connectivity index (χ2n) is 4.31. The largest absolute Gasteiger partial charge is 0.437 e. The topological polar surface area (TPSA) is 79.2 Å². The Bertz CT molecular complexity index is 838. The fourth-order valence-electron chi connectivity index (χ4n) is 1.97. The van der Waals surface area contributed by atoms with Crippen LogP contribution in [-0.2, 0) is 9.84 Å². The van der Waals surface area contributed by atoms with Crippen LogP contribution in [0.4, 0.5) is 5.69 Å². The average molecular weight is 298 g/mol. The Hall–Kier alpha value is -2.78. The monoisotopic (exact) mass is 298 g/mol. The Kier molecular flexibility index (Phi) is 3.12.